The summed E-state index contributed by atoms with van der Waals surface area (Å²) in [6.45, 7) is 3.98. The first-order valence-electron chi connectivity index (χ1n) is 6.22. The van der Waals surface area contributed by atoms with Crippen molar-refractivity contribution in [1.82, 2.24) is 0 Å². The Kier molecular flexibility index (Phi) is 4.44. The van der Waals surface area contributed by atoms with E-state index >= 15 is 0 Å². The van der Waals surface area contributed by atoms with Gasteiger partial charge in [-0.1, -0.05) is 27.5 Å². The van der Waals surface area contributed by atoms with Crippen molar-refractivity contribution in [2.24, 2.45) is 5.73 Å². The van der Waals surface area contributed by atoms with Crippen molar-refractivity contribution in [3.63, 3.8) is 0 Å². The molecule has 0 aromatic heterocycles. The fourth-order valence-corrected chi connectivity index (χ4v) is 2.62. The van der Waals surface area contributed by atoms with Crippen molar-refractivity contribution in [3.05, 3.63) is 50.5 Å². The number of primary amides is 1. The minimum Gasteiger partial charge on any atom is -0.399 e. The van der Waals surface area contributed by atoms with E-state index in [-0.39, 0.29) is 5.56 Å². The number of hydrogen-bond donors (Lipinski definition) is 3. The summed E-state index contributed by atoms with van der Waals surface area (Å²) in [5.41, 5.74) is 15.2. The molecule has 0 unspecified atom stereocenters. The van der Waals surface area contributed by atoms with Crippen molar-refractivity contribution in [1.29, 1.82) is 0 Å². The molecule has 5 N–H and O–H groups in total. The molecular formula is C15H15BrClN3O. The van der Waals surface area contributed by atoms with Gasteiger partial charge in [-0.25, -0.2) is 0 Å². The zero-order valence-electron chi connectivity index (χ0n) is 11.6. The van der Waals surface area contributed by atoms with Crippen LogP contribution in [0.5, 0.6) is 0 Å². The Bertz CT molecular complexity index is 708. The van der Waals surface area contributed by atoms with Gasteiger partial charge in [0, 0.05) is 15.8 Å². The molecule has 0 saturated heterocycles. The number of nitrogens with two attached hydrogens (primary N) is 2. The summed E-state index contributed by atoms with van der Waals surface area (Å²) in [4.78, 5) is 11.6. The molecule has 0 saturated carbocycles. The van der Waals surface area contributed by atoms with E-state index in [4.69, 9.17) is 23.1 Å². The fourth-order valence-electron chi connectivity index (χ4n) is 2.11. The zero-order chi connectivity index (χ0) is 15.7. The highest BCUT2D eigenvalue weighted by Crippen LogP contribution is 2.33. The summed E-state index contributed by atoms with van der Waals surface area (Å²) in [5, 5.41) is 3.50. The van der Waals surface area contributed by atoms with Gasteiger partial charge < -0.3 is 16.8 Å². The Balaban J connectivity index is 2.51. The lowest BCUT2D eigenvalue weighted by molar-refractivity contribution is 0.100. The molecule has 2 aromatic carbocycles. The van der Waals surface area contributed by atoms with Crippen LogP contribution in [0, 0.1) is 13.8 Å². The van der Waals surface area contributed by atoms with Gasteiger partial charge in [-0.2, -0.15) is 0 Å². The molecule has 21 heavy (non-hydrogen) atoms. The zero-order valence-corrected chi connectivity index (χ0v) is 14.0. The number of hydrogen-bond acceptors (Lipinski definition) is 3. The molecule has 0 aliphatic rings. The Morgan fingerprint density at radius 2 is 1.76 bits per heavy atom. The van der Waals surface area contributed by atoms with Crippen LogP contribution in [0.4, 0.5) is 17.1 Å². The Morgan fingerprint density at radius 1 is 1.19 bits per heavy atom. The highest BCUT2D eigenvalue weighted by molar-refractivity contribution is 9.10. The lowest BCUT2D eigenvalue weighted by Crippen LogP contribution is -2.14. The average molecular weight is 369 g/mol. The van der Waals surface area contributed by atoms with Crippen molar-refractivity contribution >= 4 is 50.5 Å². The monoisotopic (exact) mass is 367 g/mol. The molecule has 2 rings (SSSR count). The van der Waals surface area contributed by atoms with E-state index in [1.54, 1.807) is 6.07 Å². The SMILES string of the molecule is Cc1cc(Nc2c(Cl)cc(N)cc2C(N)=O)cc(C)c1Br. The predicted octanol–water partition coefficient (Wildman–Crippen LogP) is 4.14. The second kappa shape index (κ2) is 5.95. The lowest BCUT2D eigenvalue weighted by atomic mass is 10.1. The van der Waals surface area contributed by atoms with Gasteiger partial charge in [0.25, 0.3) is 5.91 Å². The number of nitrogens with one attached hydrogen (secondary N) is 1. The van der Waals surface area contributed by atoms with Crippen LogP contribution in [0.25, 0.3) is 0 Å². The maximum atomic E-state index is 11.6. The van der Waals surface area contributed by atoms with Crippen LogP contribution < -0.4 is 16.8 Å². The van der Waals surface area contributed by atoms with Crippen molar-refractivity contribution in [3.8, 4) is 0 Å². The maximum absolute atomic E-state index is 11.6. The van der Waals surface area contributed by atoms with Crippen LogP contribution in [0.1, 0.15) is 21.5 Å². The molecule has 0 aliphatic carbocycles. The van der Waals surface area contributed by atoms with E-state index in [2.05, 4.69) is 21.2 Å². The summed E-state index contributed by atoms with van der Waals surface area (Å²) in [7, 11) is 0. The van der Waals surface area contributed by atoms with Crippen molar-refractivity contribution < 1.29 is 4.79 Å². The molecule has 4 nitrogen and oxygen atoms in total. The van der Waals surface area contributed by atoms with E-state index < -0.39 is 5.91 Å². The van der Waals surface area contributed by atoms with E-state index in [1.807, 2.05) is 26.0 Å². The van der Waals surface area contributed by atoms with E-state index in [0.29, 0.717) is 16.4 Å². The molecule has 2 aromatic rings. The highest BCUT2D eigenvalue weighted by atomic mass is 79.9. The summed E-state index contributed by atoms with van der Waals surface area (Å²) in [5.74, 6) is -0.586. The van der Waals surface area contributed by atoms with Gasteiger partial charge in [0.2, 0.25) is 0 Å². The number of anilines is 3. The van der Waals surface area contributed by atoms with Gasteiger partial charge in [-0.05, 0) is 49.2 Å². The normalized spacial score (nSPS) is 10.5. The van der Waals surface area contributed by atoms with Crippen molar-refractivity contribution in [2.45, 2.75) is 13.8 Å². The van der Waals surface area contributed by atoms with Crippen LogP contribution in [0.2, 0.25) is 5.02 Å². The molecule has 0 spiro atoms. The average Bonchev–Trinajstić information content (AvgIpc) is 2.38. The standard InChI is InChI=1S/C15H15BrClN3O/c1-7-3-10(4-8(2)13(7)16)20-14-11(15(19)21)5-9(18)6-12(14)17/h3-6,20H,18H2,1-2H3,(H2,19,21). The first kappa shape index (κ1) is 15.7. The van der Waals surface area contributed by atoms with Crippen LogP contribution in [-0.2, 0) is 0 Å². The van der Waals surface area contributed by atoms with Gasteiger partial charge in [0.1, 0.15) is 0 Å². The number of nitrogen functional groups attached to an aromatic ring is 1. The first-order valence-corrected chi connectivity index (χ1v) is 7.39. The molecular weight excluding hydrogens is 354 g/mol. The number of rotatable bonds is 3. The molecule has 0 atom stereocenters. The number of benzene rings is 2. The van der Waals surface area contributed by atoms with E-state index in [1.165, 1.54) is 6.07 Å². The number of aryl methyl sites for hydroxylation is 2. The molecule has 0 aliphatic heterocycles. The molecule has 0 fully saturated rings. The summed E-state index contributed by atoms with van der Waals surface area (Å²) in [6, 6.07) is 6.99. The molecule has 0 heterocycles. The summed E-state index contributed by atoms with van der Waals surface area (Å²) in [6.07, 6.45) is 0. The number of carbonyl (C=O) groups is 1. The Labute approximate surface area is 136 Å². The van der Waals surface area contributed by atoms with Gasteiger partial charge in [0.05, 0.1) is 16.3 Å². The van der Waals surface area contributed by atoms with Crippen LogP contribution in [0.15, 0.2) is 28.7 Å². The first-order chi connectivity index (χ1) is 9.79. The predicted molar refractivity (Wildman–Crippen MR) is 91.3 cm³/mol. The summed E-state index contributed by atoms with van der Waals surface area (Å²) < 4.78 is 1.05. The Morgan fingerprint density at radius 3 is 2.29 bits per heavy atom. The largest absolute Gasteiger partial charge is 0.399 e. The molecule has 6 heteroatoms. The smallest absolute Gasteiger partial charge is 0.250 e. The van der Waals surface area contributed by atoms with Gasteiger partial charge >= 0.3 is 0 Å². The molecule has 110 valence electrons. The van der Waals surface area contributed by atoms with Crippen LogP contribution in [-0.4, -0.2) is 5.91 Å². The number of carbonyl (C=O) groups excluding carboxylic acids is 1. The fraction of sp³-hybridized carbons (Fsp3) is 0.133. The molecule has 0 bridgehead atoms. The minimum atomic E-state index is -0.586. The highest BCUT2D eigenvalue weighted by Gasteiger charge is 2.14. The molecule has 0 radical (unpaired) electrons. The maximum Gasteiger partial charge on any atom is 0.250 e. The topological polar surface area (TPSA) is 81.1 Å². The number of halogens is 2. The summed E-state index contributed by atoms with van der Waals surface area (Å²) >= 11 is 9.70. The van der Waals surface area contributed by atoms with E-state index in [9.17, 15) is 4.79 Å². The minimum absolute atomic E-state index is 0.262. The van der Waals surface area contributed by atoms with E-state index in [0.717, 1.165) is 21.3 Å². The third kappa shape index (κ3) is 3.31. The lowest BCUT2D eigenvalue weighted by Gasteiger charge is -2.15. The van der Waals surface area contributed by atoms with Crippen LogP contribution in [0.3, 0.4) is 0 Å². The quantitative estimate of drug-likeness (QED) is 0.712. The Hall–Kier alpha value is -1.72. The van der Waals surface area contributed by atoms with Gasteiger partial charge in [-0.15, -0.1) is 0 Å². The van der Waals surface area contributed by atoms with Gasteiger partial charge in [-0.3, -0.25) is 4.79 Å². The number of amides is 1. The van der Waals surface area contributed by atoms with Gasteiger partial charge in [0.15, 0.2) is 0 Å². The second-order valence-corrected chi connectivity index (χ2v) is 6.04. The van der Waals surface area contributed by atoms with Crippen molar-refractivity contribution in [2.75, 3.05) is 11.1 Å². The second-order valence-electron chi connectivity index (χ2n) is 4.84. The molecule has 1 amide bonds. The van der Waals surface area contributed by atoms with Crippen LogP contribution >= 0.6 is 27.5 Å². The third-order valence-electron chi connectivity index (χ3n) is 3.08. The third-order valence-corrected chi connectivity index (χ3v) is 4.63.